The minimum atomic E-state index is -1.76. The molecule has 394 valence electrons. The molecular formula is C72H61N4O2Pt-3. The van der Waals surface area contributed by atoms with Crippen molar-refractivity contribution in [2.75, 3.05) is 9.80 Å². The summed E-state index contributed by atoms with van der Waals surface area (Å²) in [4.78, 5) is 9.33. The second kappa shape index (κ2) is 20.9. The van der Waals surface area contributed by atoms with Crippen LogP contribution in [0.1, 0.15) is 74.8 Å². The molecule has 79 heavy (non-hydrogen) atoms. The van der Waals surface area contributed by atoms with Gasteiger partial charge in [0.2, 0.25) is 0 Å². The summed E-state index contributed by atoms with van der Waals surface area (Å²) in [5.74, 6) is 1.76. The van der Waals surface area contributed by atoms with E-state index < -0.39 is 18.2 Å². The zero-order chi connectivity index (χ0) is 59.4. The molecule has 11 aromatic rings. The van der Waals surface area contributed by atoms with Gasteiger partial charge < -0.3 is 23.8 Å². The SMILES string of the molecule is [2H]c1c(-c2ccccc2)c([2H])c2c3ccc4[c-]c3n(c2c1[2H])-c1cc(C(C)(C)C)c(cn1)-c1ccc(cc1)Oc1ccc(cc1)-c1cc(C([2H])([2H])C(C)C)cc(-c2cccc(C([2H])([2H])C(C)C)c2)c1N1[CH-]N(c2[c-]c(ccc2)O4)c2ccccc21.[Pt]. The predicted molar refractivity (Wildman–Crippen MR) is 322 cm³/mol. The molecule has 0 amide bonds. The van der Waals surface area contributed by atoms with E-state index in [0.717, 1.165) is 50.4 Å². The molecule has 0 spiro atoms. The van der Waals surface area contributed by atoms with E-state index in [-0.39, 0.29) is 51.0 Å². The molecule has 5 aliphatic rings. The van der Waals surface area contributed by atoms with Crippen molar-refractivity contribution in [3.63, 3.8) is 0 Å². The summed E-state index contributed by atoms with van der Waals surface area (Å²) in [6.07, 6.45) is -1.56. The zero-order valence-electron chi connectivity index (χ0n) is 52.0. The van der Waals surface area contributed by atoms with Crippen molar-refractivity contribution < 1.29 is 40.1 Å². The molecule has 7 heterocycles. The summed E-state index contributed by atoms with van der Waals surface area (Å²) in [6, 6.07) is 63.4. The fraction of sp³-hybridized carbons (Fsp3) is 0.167. The molecule has 6 nitrogen and oxygen atoms in total. The first-order valence-electron chi connectivity index (χ1n) is 30.1. The van der Waals surface area contributed by atoms with E-state index in [1.807, 2.05) is 215 Å². The summed E-state index contributed by atoms with van der Waals surface area (Å²) in [5.41, 5.74) is 11.5. The molecule has 0 aliphatic carbocycles. The van der Waals surface area contributed by atoms with Gasteiger partial charge in [-0.15, -0.1) is 48.1 Å². The van der Waals surface area contributed by atoms with Gasteiger partial charge in [0.1, 0.15) is 17.3 Å². The van der Waals surface area contributed by atoms with Crippen molar-refractivity contribution in [1.82, 2.24) is 9.55 Å². The zero-order valence-corrected chi connectivity index (χ0v) is 47.2. The molecule has 9 aromatic carbocycles. The Bertz CT molecular complexity index is 4440. The molecule has 16 rings (SSSR count). The van der Waals surface area contributed by atoms with Gasteiger partial charge >= 0.3 is 0 Å². The van der Waals surface area contributed by atoms with Crippen molar-refractivity contribution in [1.29, 1.82) is 0 Å². The third-order valence-corrected chi connectivity index (χ3v) is 14.3. The van der Waals surface area contributed by atoms with Crippen molar-refractivity contribution >= 4 is 44.6 Å². The Kier molecular flexibility index (Phi) is 11.6. The molecule has 0 N–H and O–H groups in total. The summed E-state index contributed by atoms with van der Waals surface area (Å²) in [7, 11) is 0. The van der Waals surface area contributed by atoms with Crippen LogP contribution < -0.4 is 19.3 Å². The van der Waals surface area contributed by atoms with Crippen molar-refractivity contribution in [2.45, 2.75) is 66.6 Å². The van der Waals surface area contributed by atoms with E-state index in [0.29, 0.717) is 84.1 Å². The normalized spacial score (nSPS) is 14.5. The maximum atomic E-state index is 9.82. The third kappa shape index (κ3) is 9.93. The molecule has 5 aliphatic heterocycles. The Morgan fingerprint density at radius 3 is 1.91 bits per heavy atom. The summed E-state index contributed by atoms with van der Waals surface area (Å²) in [6.45, 7) is 16.0. The van der Waals surface area contributed by atoms with E-state index in [1.54, 1.807) is 0 Å². The van der Waals surface area contributed by atoms with Crippen LogP contribution in [0.25, 0.3) is 72.1 Å². The number of nitrogens with zero attached hydrogens (tertiary/aromatic N) is 4. The Labute approximate surface area is 489 Å². The van der Waals surface area contributed by atoms with Crippen LogP contribution in [-0.2, 0) is 39.2 Å². The number of ether oxygens (including phenoxy) is 2. The molecule has 0 unspecified atom stereocenters. The van der Waals surface area contributed by atoms with E-state index in [1.165, 1.54) is 0 Å². The smallest absolute Gasteiger partial charge is 0.135 e. The standard InChI is InChI=1S/C72H61N4O2.Pt/c1-46(2)35-48-15-13-18-54(37-48)62-39-49(36-47(3)4)38-61-51-23-28-56(29-24-51)77-57-30-25-52(26-31-57)64-44-73-70(43-65(64)72(5,6)7)76-66-34-27-53(50-16-9-8-10-17-50)40-63(66)60-33-32-59(42-69(60)76)78-58-20-14-19-55(41-58)74-45-75(71(61)62)68-22-12-11-21-67(68)74;/h8-34,37-40,43-47H,35-36H2,1-7H3;/q-3;/i27D,34D,35D2,36D2,40D;. The number of benzene rings is 9. The van der Waals surface area contributed by atoms with Crippen molar-refractivity contribution in [2.24, 2.45) is 11.8 Å². The van der Waals surface area contributed by atoms with Gasteiger partial charge in [-0.05, 0) is 141 Å². The van der Waals surface area contributed by atoms with E-state index >= 15 is 0 Å². The van der Waals surface area contributed by atoms with Gasteiger partial charge in [0, 0.05) is 83.5 Å². The van der Waals surface area contributed by atoms with Crippen LogP contribution in [0.3, 0.4) is 0 Å². The van der Waals surface area contributed by atoms with Crippen LogP contribution in [0.4, 0.5) is 22.7 Å². The number of para-hydroxylation sites is 2. The monoisotopic (exact) mass is 1220 g/mol. The largest absolute Gasteiger partial charge is 0.509 e. The number of rotatable bonds is 6. The van der Waals surface area contributed by atoms with Crippen molar-refractivity contribution in [3.05, 3.63) is 236 Å². The van der Waals surface area contributed by atoms with Crippen LogP contribution in [0, 0.1) is 30.6 Å². The van der Waals surface area contributed by atoms with Gasteiger partial charge in [0.05, 0.1) is 4.11 Å². The van der Waals surface area contributed by atoms with E-state index in [4.69, 9.17) is 14.5 Å². The second-order valence-corrected chi connectivity index (χ2v) is 21.7. The average Bonchev–Trinajstić information content (AvgIpc) is 3.28. The molecule has 0 saturated heterocycles. The fourth-order valence-corrected chi connectivity index (χ4v) is 10.8. The van der Waals surface area contributed by atoms with Gasteiger partial charge in [-0.25, -0.2) is 4.98 Å². The Morgan fingerprint density at radius 1 is 0.570 bits per heavy atom. The van der Waals surface area contributed by atoms with Crippen LogP contribution in [-0.4, -0.2) is 9.55 Å². The van der Waals surface area contributed by atoms with Crippen LogP contribution in [0.5, 0.6) is 23.0 Å². The first-order chi connectivity index (χ1) is 40.7. The molecule has 2 aromatic heterocycles. The molecule has 0 saturated carbocycles. The minimum Gasteiger partial charge on any atom is -0.509 e. The number of fused-ring (bicyclic) bond motifs is 6. The first-order valence-corrected chi connectivity index (χ1v) is 26.6. The maximum Gasteiger partial charge on any atom is 0.135 e. The van der Waals surface area contributed by atoms with Crippen LogP contribution in [0.15, 0.2) is 200 Å². The molecule has 0 fully saturated rings. The quantitative estimate of drug-likeness (QED) is 0.155. The summed E-state index contributed by atoms with van der Waals surface area (Å²) < 4.78 is 81.9. The van der Waals surface area contributed by atoms with Gasteiger partial charge in [0.15, 0.2) is 0 Å². The average molecular weight is 1220 g/mol. The molecule has 0 atom stereocenters. The van der Waals surface area contributed by atoms with Crippen LogP contribution in [0.2, 0.25) is 0 Å². The van der Waals surface area contributed by atoms with E-state index in [9.17, 15) is 9.60 Å². The number of hydrogen-bond donors (Lipinski definition) is 0. The predicted octanol–water partition coefficient (Wildman–Crippen LogP) is 19.4. The number of hydrogen-bond acceptors (Lipinski definition) is 5. The topological polar surface area (TPSA) is 42.8 Å². The Morgan fingerprint density at radius 2 is 1.20 bits per heavy atom. The molecule has 7 heteroatoms. The molecular weight excluding hydrogens is 1150 g/mol. The van der Waals surface area contributed by atoms with E-state index in [2.05, 4.69) is 48.8 Å². The summed E-state index contributed by atoms with van der Waals surface area (Å²) >= 11 is 0. The van der Waals surface area contributed by atoms with Gasteiger partial charge in [-0.1, -0.05) is 157 Å². The minimum absolute atomic E-state index is 0. The Hall–Kier alpha value is -8.18. The summed E-state index contributed by atoms with van der Waals surface area (Å²) in [5, 5.41) is 1.15. The maximum absolute atomic E-state index is 9.82. The molecule has 0 radical (unpaired) electrons. The fourth-order valence-electron chi connectivity index (χ4n) is 10.8. The van der Waals surface area contributed by atoms with Crippen LogP contribution >= 0.6 is 0 Å². The first kappa shape index (κ1) is 43.8. The molecule has 12 bridgehead atoms. The number of pyridine rings is 1. The number of aromatic nitrogens is 2. The Balaban J connectivity index is 0.00000724. The van der Waals surface area contributed by atoms with Gasteiger partial charge in [0.25, 0.3) is 0 Å². The van der Waals surface area contributed by atoms with Crippen molar-refractivity contribution in [3.8, 4) is 73.3 Å². The van der Waals surface area contributed by atoms with Gasteiger partial charge in [-0.2, -0.15) is 12.1 Å². The third-order valence-electron chi connectivity index (χ3n) is 14.3. The van der Waals surface area contributed by atoms with Gasteiger partial charge in [-0.3, -0.25) is 0 Å². The second-order valence-electron chi connectivity index (χ2n) is 21.7. The number of anilines is 4.